The van der Waals surface area contributed by atoms with Crippen molar-refractivity contribution in [3.8, 4) is 17.1 Å². The molecule has 0 amide bonds. The van der Waals surface area contributed by atoms with Crippen molar-refractivity contribution >= 4 is 23.8 Å². The highest BCUT2D eigenvalue weighted by molar-refractivity contribution is 7.71. The second-order valence-corrected chi connectivity index (χ2v) is 7.08. The van der Waals surface area contributed by atoms with E-state index in [-0.39, 0.29) is 5.82 Å². The maximum absolute atomic E-state index is 13.2. The summed E-state index contributed by atoms with van der Waals surface area (Å²) in [7, 11) is 5.45. The van der Waals surface area contributed by atoms with Crippen LogP contribution < -0.4 is 4.74 Å². The molecule has 2 aromatic carbocycles. The molecule has 0 aliphatic heterocycles. The second kappa shape index (κ2) is 8.21. The fraction of sp³-hybridized carbons (Fsp3) is 0.263. The van der Waals surface area contributed by atoms with Crippen molar-refractivity contribution < 1.29 is 9.13 Å². The third kappa shape index (κ3) is 4.37. The van der Waals surface area contributed by atoms with Crippen LogP contribution in [0.4, 0.5) is 4.39 Å². The fourth-order valence-electron chi connectivity index (χ4n) is 2.87. The summed E-state index contributed by atoms with van der Waals surface area (Å²) in [4.78, 5) is 2.06. The first-order chi connectivity index (χ1) is 12.9. The van der Waals surface area contributed by atoms with E-state index in [9.17, 15) is 4.39 Å². The number of rotatable bonds is 6. The summed E-state index contributed by atoms with van der Waals surface area (Å²) in [6.07, 6.45) is 0. The lowest BCUT2D eigenvalue weighted by molar-refractivity contribution is 0.240. The van der Waals surface area contributed by atoms with Gasteiger partial charge in [-0.15, -0.1) is 0 Å². The minimum atomic E-state index is -0.283. The first-order valence-electron chi connectivity index (χ1n) is 8.29. The fourth-order valence-corrected chi connectivity index (χ4v) is 3.25. The van der Waals surface area contributed by atoms with Gasteiger partial charge in [-0.2, -0.15) is 5.10 Å². The van der Waals surface area contributed by atoms with Crippen molar-refractivity contribution in [3.05, 3.63) is 63.6 Å². The number of ether oxygens (including phenoxy) is 1. The minimum Gasteiger partial charge on any atom is -0.496 e. The van der Waals surface area contributed by atoms with E-state index < -0.39 is 0 Å². The molecule has 0 N–H and O–H groups in total. The van der Waals surface area contributed by atoms with Crippen LogP contribution in [0.3, 0.4) is 0 Å². The Hall–Kier alpha value is -2.22. The largest absolute Gasteiger partial charge is 0.496 e. The maximum atomic E-state index is 13.2. The lowest BCUT2D eigenvalue weighted by atomic mass is 10.2. The number of hydrogen-bond acceptors (Lipinski definition) is 4. The summed E-state index contributed by atoms with van der Waals surface area (Å²) in [6.45, 7) is 1.11. The quantitative estimate of drug-likeness (QED) is 0.564. The Morgan fingerprint density at radius 1 is 1.22 bits per heavy atom. The van der Waals surface area contributed by atoms with Gasteiger partial charge in [0, 0.05) is 29.7 Å². The van der Waals surface area contributed by atoms with Crippen LogP contribution in [0.1, 0.15) is 5.56 Å². The molecule has 5 nitrogen and oxygen atoms in total. The zero-order valence-electron chi connectivity index (χ0n) is 15.3. The molecule has 0 spiro atoms. The average Bonchev–Trinajstić information content (AvgIpc) is 2.91. The van der Waals surface area contributed by atoms with Crippen molar-refractivity contribution in [1.29, 1.82) is 0 Å². The Morgan fingerprint density at radius 2 is 1.93 bits per heavy atom. The van der Waals surface area contributed by atoms with Gasteiger partial charge in [-0.1, -0.05) is 11.6 Å². The molecule has 1 aromatic heterocycles. The Bertz CT molecular complexity index is 1000. The van der Waals surface area contributed by atoms with Crippen LogP contribution in [0.5, 0.6) is 5.75 Å². The van der Waals surface area contributed by atoms with Crippen LogP contribution >= 0.6 is 23.8 Å². The zero-order valence-corrected chi connectivity index (χ0v) is 16.9. The molecular weight excluding hydrogens is 387 g/mol. The van der Waals surface area contributed by atoms with E-state index in [2.05, 4.69) is 10.00 Å². The predicted molar refractivity (Wildman–Crippen MR) is 107 cm³/mol. The zero-order chi connectivity index (χ0) is 19.6. The van der Waals surface area contributed by atoms with E-state index in [1.807, 2.05) is 30.8 Å². The molecule has 0 aliphatic rings. The molecule has 0 unspecified atom stereocenters. The Balaban J connectivity index is 1.82. The second-order valence-electron chi connectivity index (χ2n) is 6.28. The number of hydrogen-bond donors (Lipinski definition) is 0. The monoisotopic (exact) mass is 406 g/mol. The van der Waals surface area contributed by atoms with Crippen LogP contribution in [0.2, 0.25) is 5.02 Å². The smallest absolute Gasteiger partial charge is 0.199 e. The summed E-state index contributed by atoms with van der Waals surface area (Å²) >= 11 is 11.6. The van der Waals surface area contributed by atoms with Crippen LogP contribution in [0.15, 0.2) is 42.5 Å². The van der Waals surface area contributed by atoms with Gasteiger partial charge in [0.1, 0.15) is 11.6 Å². The van der Waals surface area contributed by atoms with Crippen molar-refractivity contribution in [2.24, 2.45) is 7.05 Å². The van der Waals surface area contributed by atoms with Crippen LogP contribution in [0, 0.1) is 10.6 Å². The van der Waals surface area contributed by atoms with E-state index >= 15 is 0 Å². The maximum Gasteiger partial charge on any atom is 0.199 e. The molecule has 27 heavy (non-hydrogen) atoms. The molecular formula is C19H20ClFN4OS. The van der Waals surface area contributed by atoms with E-state index in [1.165, 1.54) is 12.1 Å². The SMILES string of the molecule is COc1ccc(Cl)cc1CN(C)Cn1nc(-c2ccc(F)cc2)n(C)c1=S. The average molecular weight is 407 g/mol. The molecule has 142 valence electrons. The summed E-state index contributed by atoms with van der Waals surface area (Å²) in [5.41, 5.74) is 1.79. The van der Waals surface area contributed by atoms with Crippen LogP contribution in [-0.4, -0.2) is 33.4 Å². The van der Waals surface area contributed by atoms with Crippen LogP contribution in [-0.2, 0) is 20.3 Å². The van der Waals surface area contributed by atoms with Gasteiger partial charge in [-0.3, -0.25) is 4.90 Å². The van der Waals surface area contributed by atoms with Crippen molar-refractivity contribution in [2.75, 3.05) is 14.2 Å². The first kappa shape index (κ1) is 19.5. The minimum absolute atomic E-state index is 0.283. The van der Waals surface area contributed by atoms with Gasteiger partial charge < -0.3 is 9.30 Å². The highest BCUT2D eigenvalue weighted by Gasteiger charge is 2.13. The summed E-state index contributed by atoms with van der Waals surface area (Å²) in [5.74, 6) is 1.19. The molecule has 0 saturated carbocycles. The number of methoxy groups -OCH3 is 1. The van der Waals surface area contributed by atoms with Crippen molar-refractivity contribution in [3.63, 3.8) is 0 Å². The van der Waals surface area contributed by atoms with E-state index in [4.69, 9.17) is 28.6 Å². The Kier molecular flexibility index (Phi) is 5.94. The molecule has 0 radical (unpaired) electrons. The third-order valence-electron chi connectivity index (χ3n) is 4.20. The molecule has 0 atom stereocenters. The molecule has 0 aliphatic carbocycles. The van der Waals surface area contributed by atoms with E-state index in [1.54, 1.807) is 30.0 Å². The van der Waals surface area contributed by atoms with Gasteiger partial charge in [-0.25, -0.2) is 9.07 Å². The first-order valence-corrected chi connectivity index (χ1v) is 9.08. The number of halogens is 2. The summed E-state index contributed by atoms with van der Waals surface area (Å²) in [5, 5.41) is 5.26. The van der Waals surface area contributed by atoms with Gasteiger partial charge in [0.2, 0.25) is 0 Å². The highest BCUT2D eigenvalue weighted by atomic mass is 35.5. The summed E-state index contributed by atoms with van der Waals surface area (Å²) < 4.78 is 22.7. The molecule has 8 heteroatoms. The summed E-state index contributed by atoms with van der Waals surface area (Å²) in [6, 6.07) is 11.7. The predicted octanol–water partition coefficient (Wildman–Crippen LogP) is 4.51. The van der Waals surface area contributed by atoms with Crippen LogP contribution in [0.25, 0.3) is 11.4 Å². The molecule has 0 bridgehead atoms. The lowest BCUT2D eigenvalue weighted by Gasteiger charge is -2.18. The van der Waals surface area contributed by atoms with Gasteiger partial charge in [0.05, 0.1) is 13.8 Å². The Morgan fingerprint density at radius 3 is 2.59 bits per heavy atom. The van der Waals surface area contributed by atoms with Crippen molar-refractivity contribution in [2.45, 2.75) is 13.2 Å². The topological polar surface area (TPSA) is 35.2 Å². The van der Waals surface area contributed by atoms with E-state index in [0.29, 0.717) is 28.8 Å². The molecule has 1 heterocycles. The normalized spacial score (nSPS) is 11.2. The van der Waals surface area contributed by atoms with Gasteiger partial charge in [0.25, 0.3) is 0 Å². The number of benzene rings is 2. The van der Waals surface area contributed by atoms with Gasteiger partial charge in [-0.05, 0) is 61.7 Å². The van der Waals surface area contributed by atoms with E-state index in [0.717, 1.165) is 16.9 Å². The number of aromatic nitrogens is 3. The van der Waals surface area contributed by atoms with Gasteiger partial charge >= 0.3 is 0 Å². The Labute approximate surface area is 167 Å². The number of nitrogens with zero attached hydrogens (tertiary/aromatic N) is 4. The molecule has 0 fully saturated rings. The van der Waals surface area contributed by atoms with Gasteiger partial charge in [0.15, 0.2) is 10.6 Å². The molecule has 0 saturated heterocycles. The lowest BCUT2D eigenvalue weighted by Crippen LogP contribution is -2.23. The molecule has 3 aromatic rings. The van der Waals surface area contributed by atoms with Crippen molar-refractivity contribution in [1.82, 2.24) is 19.2 Å². The third-order valence-corrected chi connectivity index (χ3v) is 4.92. The molecule has 3 rings (SSSR count). The highest BCUT2D eigenvalue weighted by Crippen LogP contribution is 2.24. The standard InChI is InChI=1S/C19H20ClFN4OS/c1-23(11-14-10-15(20)6-9-17(14)26-3)12-25-19(27)24(2)18(22-25)13-4-7-16(21)8-5-13/h4-10H,11-12H2,1-3H3.